The number of amides is 1. The first-order valence-electron chi connectivity index (χ1n) is 13.7. The first-order chi connectivity index (χ1) is 18.0. The molecule has 2 saturated heterocycles. The van der Waals surface area contributed by atoms with Crippen molar-refractivity contribution in [1.29, 1.82) is 0 Å². The van der Waals surface area contributed by atoms with Crippen molar-refractivity contribution in [3.05, 3.63) is 32.6 Å². The van der Waals surface area contributed by atoms with Gasteiger partial charge in [0.2, 0.25) is 5.60 Å². The maximum atomic E-state index is 13.5. The molecule has 3 rings (SSSR count). The molecule has 2 fully saturated rings. The number of nitrogens with zero attached hydrogens (tertiary/aromatic N) is 4. The second-order valence-corrected chi connectivity index (χ2v) is 23.6. The number of aryl methyl sites for hydroxylation is 1. The SMILES string of the molecule is CN=C1N(C)C(=O)OC12C(CO[Si](C)(C)C(C)(C)C)O[C@@H](n1cc(C)c(=O)n(C)c1=O)[C@@H]2O[Si](C)(C)C(C)(C)C. The Hall–Kier alpha value is -2.07. The molecular formula is C27H48N4O7Si2. The Kier molecular flexibility index (Phi) is 8.38. The Morgan fingerprint density at radius 1 is 1.00 bits per heavy atom. The summed E-state index contributed by atoms with van der Waals surface area (Å²) in [6, 6.07) is 0. The summed E-state index contributed by atoms with van der Waals surface area (Å²) in [6.07, 6.45) is -1.89. The quantitative estimate of drug-likeness (QED) is 0.456. The molecule has 0 aromatic carbocycles. The summed E-state index contributed by atoms with van der Waals surface area (Å²) in [4.78, 5) is 45.1. The first kappa shape index (κ1) is 32.4. The van der Waals surface area contributed by atoms with Gasteiger partial charge in [0, 0.05) is 32.9 Å². The third-order valence-electron chi connectivity index (χ3n) is 9.26. The van der Waals surface area contributed by atoms with E-state index in [0.29, 0.717) is 11.4 Å². The smallest absolute Gasteiger partial charge is 0.416 e. The number of rotatable bonds is 6. The third kappa shape index (κ3) is 5.19. The lowest BCUT2D eigenvalue weighted by Crippen LogP contribution is -2.61. The van der Waals surface area contributed by atoms with Gasteiger partial charge in [-0.3, -0.25) is 23.8 Å². The van der Waals surface area contributed by atoms with Gasteiger partial charge in [-0.25, -0.2) is 9.59 Å². The molecule has 0 saturated carbocycles. The van der Waals surface area contributed by atoms with Crippen molar-refractivity contribution in [2.45, 2.75) is 109 Å². The van der Waals surface area contributed by atoms with E-state index in [9.17, 15) is 14.4 Å². The van der Waals surface area contributed by atoms with E-state index in [0.717, 1.165) is 4.57 Å². The molecule has 11 nitrogen and oxygen atoms in total. The predicted octanol–water partition coefficient (Wildman–Crippen LogP) is 4.01. The third-order valence-corrected chi connectivity index (χ3v) is 18.2. The summed E-state index contributed by atoms with van der Waals surface area (Å²) in [5, 5.41) is -0.289. The van der Waals surface area contributed by atoms with Crippen LogP contribution in [0, 0.1) is 6.92 Å². The van der Waals surface area contributed by atoms with Gasteiger partial charge in [0.05, 0.1) is 6.61 Å². The van der Waals surface area contributed by atoms with Crippen LogP contribution in [0.1, 0.15) is 53.3 Å². The number of carbonyl (C=O) groups is 1. The number of hydrogen-bond acceptors (Lipinski definition) is 8. The Morgan fingerprint density at radius 2 is 1.55 bits per heavy atom. The highest BCUT2D eigenvalue weighted by molar-refractivity contribution is 6.74. The van der Waals surface area contributed by atoms with Crippen molar-refractivity contribution in [2.75, 3.05) is 20.7 Å². The summed E-state index contributed by atoms with van der Waals surface area (Å²) in [5.41, 5.74) is -2.06. The molecule has 226 valence electrons. The lowest BCUT2D eigenvalue weighted by molar-refractivity contribution is -0.0566. The molecule has 2 aliphatic rings. The average Bonchev–Trinajstić information content (AvgIpc) is 3.24. The number of hydrogen-bond donors (Lipinski definition) is 0. The Bertz CT molecular complexity index is 1310. The molecule has 1 aromatic rings. The number of aromatic nitrogens is 2. The molecule has 1 spiro atoms. The topological polar surface area (TPSA) is 114 Å². The van der Waals surface area contributed by atoms with Gasteiger partial charge >= 0.3 is 11.8 Å². The molecule has 0 bridgehead atoms. The zero-order valence-corrected chi connectivity index (χ0v) is 28.7. The van der Waals surface area contributed by atoms with E-state index >= 15 is 0 Å². The zero-order chi connectivity index (χ0) is 30.8. The number of carbonyl (C=O) groups excluding carboxylic acids is 1. The van der Waals surface area contributed by atoms with Crippen LogP contribution in [-0.2, 0) is 25.4 Å². The van der Waals surface area contributed by atoms with Crippen molar-refractivity contribution in [1.82, 2.24) is 14.0 Å². The number of amidine groups is 1. The molecule has 2 aliphatic heterocycles. The molecule has 13 heteroatoms. The highest BCUT2D eigenvalue weighted by atomic mass is 28.4. The van der Waals surface area contributed by atoms with Gasteiger partial charge in [-0.2, -0.15) is 0 Å². The van der Waals surface area contributed by atoms with Crippen molar-refractivity contribution in [2.24, 2.45) is 12.0 Å². The van der Waals surface area contributed by atoms with Crippen LogP contribution >= 0.6 is 0 Å². The maximum Gasteiger partial charge on any atom is 0.416 e. The van der Waals surface area contributed by atoms with E-state index in [-0.39, 0.29) is 16.7 Å². The van der Waals surface area contributed by atoms with Crippen LogP contribution in [0.3, 0.4) is 0 Å². The molecule has 0 radical (unpaired) electrons. The summed E-state index contributed by atoms with van der Waals surface area (Å²) in [7, 11) is -0.190. The largest absolute Gasteiger partial charge is 0.428 e. The molecule has 1 aromatic heterocycles. The van der Waals surface area contributed by atoms with E-state index in [2.05, 4.69) is 72.7 Å². The van der Waals surface area contributed by atoms with Gasteiger partial charge in [0.25, 0.3) is 5.56 Å². The van der Waals surface area contributed by atoms with Gasteiger partial charge in [0.1, 0.15) is 12.2 Å². The van der Waals surface area contributed by atoms with E-state index in [1.165, 1.54) is 22.7 Å². The van der Waals surface area contributed by atoms with Gasteiger partial charge in [-0.1, -0.05) is 41.5 Å². The Morgan fingerprint density at radius 3 is 2.05 bits per heavy atom. The van der Waals surface area contributed by atoms with Crippen LogP contribution in [0.5, 0.6) is 0 Å². The van der Waals surface area contributed by atoms with Crippen molar-refractivity contribution >= 4 is 28.6 Å². The Labute approximate surface area is 239 Å². The highest BCUT2D eigenvalue weighted by Crippen LogP contribution is 2.50. The van der Waals surface area contributed by atoms with Crippen molar-refractivity contribution in [3.63, 3.8) is 0 Å². The van der Waals surface area contributed by atoms with E-state index in [4.69, 9.17) is 18.3 Å². The van der Waals surface area contributed by atoms with E-state index in [1.807, 2.05) is 0 Å². The van der Waals surface area contributed by atoms with Gasteiger partial charge in [-0.05, 0) is 43.2 Å². The molecule has 4 atom stereocenters. The van der Waals surface area contributed by atoms with Crippen molar-refractivity contribution < 1.29 is 23.1 Å². The van der Waals surface area contributed by atoms with E-state index < -0.39 is 58.0 Å². The first-order valence-corrected chi connectivity index (χ1v) is 19.5. The monoisotopic (exact) mass is 596 g/mol. The summed E-state index contributed by atoms with van der Waals surface area (Å²) in [5.74, 6) is 0.349. The number of likely N-dealkylation sites (N-methyl/N-ethyl adjacent to an activating group) is 1. The van der Waals surface area contributed by atoms with E-state index in [1.54, 1.807) is 21.0 Å². The lowest BCUT2D eigenvalue weighted by Gasteiger charge is -2.43. The fourth-order valence-electron chi connectivity index (χ4n) is 4.60. The molecule has 3 heterocycles. The van der Waals surface area contributed by atoms with Crippen LogP contribution in [0.2, 0.25) is 36.3 Å². The van der Waals surface area contributed by atoms with Crippen LogP contribution in [0.15, 0.2) is 20.8 Å². The fourth-order valence-corrected chi connectivity index (χ4v) is 6.88. The molecule has 2 unspecified atom stereocenters. The number of ether oxygens (including phenoxy) is 2. The average molecular weight is 597 g/mol. The summed E-state index contributed by atoms with van der Waals surface area (Å²) < 4.78 is 29.0. The zero-order valence-electron chi connectivity index (χ0n) is 26.7. The molecule has 0 aliphatic carbocycles. The fraction of sp³-hybridized carbons (Fsp3) is 0.778. The standard InChI is InChI=1S/C27H48N4O7Si2/c1-17-15-31(23(33)29(9)20(17)32)21-19(38-40(13,14)26(5,6)7)27(22(28-8)30(10)24(34)37-27)18(36-21)16-35-39(11,12)25(2,3)4/h15,18-19,21H,16H2,1-14H3/t18?,19-,21+,27?/m0/s1. The molecule has 40 heavy (non-hydrogen) atoms. The Balaban J connectivity index is 2.31. The van der Waals surface area contributed by atoms with Crippen LogP contribution < -0.4 is 11.2 Å². The van der Waals surface area contributed by atoms with Gasteiger partial charge < -0.3 is 18.3 Å². The minimum atomic E-state index is -2.56. The number of aliphatic imine (C=N–C) groups is 1. The van der Waals surface area contributed by atoms with Crippen LogP contribution in [-0.4, -0.2) is 81.1 Å². The second kappa shape index (κ2) is 10.3. The minimum absolute atomic E-state index is 0.0776. The second-order valence-electron chi connectivity index (χ2n) is 14.0. The molecule has 1 amide bonds. The predicted molar refractivity (Wildman–Crippen MR) is 160 cm³/mol. The maximum absolute atomic E-state index is 13.5. The highest BCUT2D eigenvalue weighted by Gasteiger charge is 2.70. The summed E-state index contributed by atoms with van der Waals surface area (Å²) in [6.45, 7) is 23.0. The lowest BCUT2D eigenvalue weighted by atomic mass is 9.90. The minimum Gasteiger partial charge on any atom is -0.428 e. The van der Waals surface area contributed by atoms with Crippen LogP contribution in [0.25, 0.3) is 0 Å². The van der Waals surface area contributed by atoms with Crippen molar-refractivity contribution in [3.8, 4) is 0 Å². The normalized spacial score (nSPS) is 27.2. The van der Waals surface area contributed by atoms with Gasteiger partial charge in [-0.15, -0.1) is 0 Å². The molecule has 0 N–H and O–H groups in total. The van der Waals surface area contributed by atoms with Crippen LogP contribution in [0.4, 0.5) is 4.79 Å². The molecular weight excluding hydrogens is 548 g/mol. The van der Waals surface area contributed by atoms with Gasteiger partial charge in [0.15, 0.2) is 28.7 Å². The summed E-state index contributed by atoms with van der Waals surface area (Å²) >= 11 is 0.